The lowest BCUT2D eigenvalue weighted by atomic mass is 9.92. The van der Waals surface area contributed by atoms with Crippen molar-refractivity contribution in [3.05, 3.63) is 11.8 Å². The molecule has 3 nitrogen and oxygen atoms in total. The molecule has 0 fully saturated rings. The van der Waals surface area contributed by atoms with E-state index < -0.39 is 0 Å². The van der Waals surface area contributed by atoms with Crippen molar-refractivity contribution in [2.45, 2.75) is 20.8 Å². The van der Waals surface area contributed by atoms with Crippen molar-refractivity contribution in [3.8, 4) is 0 Å². The Hall–Kier alpha value is -0.990. The van der Waals surface area contributed by atoms with E-state index >= 15 is 0 Å². The van der Waals surface area contributed by atoms with Crippen molar-refractivity contribution < 1.29 is 14.3 Å². The van der Waals surface area contributed by atoms with Crippen LogP contribution in [0.1, 0.15) is 20.8 Å². The molecule has 1 rings (SSSR count). The number of esters is 1. The number of rotatable bonds is 2. The molecule has 1 aliphatic heterocycles. The Bertz CT molecular complexity index is 216. The first-order chi connectivity index (χ1) is 5.55. The molecule has 0 N–H and O–H groups in total. The number of carbonyl (C=O) groups excluding carboxylic acids is 1. The maximum absolute atomic E-state index is 11.1. The van der Waals surface area contributed by atoms with Gasteiger partial charge in [-0.15, -0.1) is 0 Å². The molecule has 3 heteroatoms. The summed E-state index contributed by atoms with van der Waals surface area (Å²) in [7, 11) is 0. The zero-order valence-electron chi connectivity index (χ0n) is 7.72. The summed E-state index contributed by atoms with van der Waals surface area (Å²) in [6.45, 7) is 6.77. The van der Waals surface area contributed by atoms with Gasteiger partial charge < -0.3 is 9.47 Å². The molecule has 0 radical (unpaired) electrons. The number of carbonyl (C=O) groups is 1. The van der Waals surface area contributed by atoms with E-state index in [4.69, 9.17) is 9.47 Å². The van der Waals surface area contributed by atoms with Crippen LogP contribution in [0, 0.1) is 5.41 Å². The van der Waals surface area contributed by atoms with Gasteiger partial charge in [-0.2, -0.15) is 0 Å². The largest absolute Gasteiger partial charge is 0.487 e. The van der Waals surface area contributed by atoms with Gasteiger partial charge in [0.2, 0.25) is 5.76 Å². The maximum atomic E-state index is 11.1. The fourth-order valence-electron chi connectivity index (χ4n) is 1.03. The third-order valence-corrected chi connectivity index (χ3v) is 1.60. The van der Waals surface area contributed by atoms with Crippen LogP contribution in [0.15, 0.2) is 11.8 Å². The number of ether oxygens (including phenoxy) is 2. The minimum Gasteiger partial charge on any atom is -0.487 e. The van der Waals surface area contributed by atoms with Gasteiger partial charge in [0, 0.05) is 5.41 Å². The van der Waals surface area contributed by atoms with Crippen LogP contribution in [-0.4, -0.2) is 19.2 Å². The highest BCUT2D eigenvalue weighted by Crippen LogP contribution is 2.25. The minimum atomic E-state index is -0.351. The van der Waals surface area contributed by atoms with E-state index in [2.05, 4.69) is 0 Å². The van der Waals surface area contributed by atoms with Crippen LogP contribution >= 0.6 is 0 Å². The second-order valence-corrected chi connectivity index (χ2v) is 3.51. The summed E-state index contributed by atoms with van der Waals surface area (Å²) >= 11 is 0. The van der Waals surface area contributed by atoms with E-state index in [1.165, 1.54) is 0 Å². The van der Waals surface area contributed by atoms with E-state index in [9.17, 15) is 4.79 Å². The third kappa shape index (κ3) is 2.00. The summed E-state index contributed by atoms with van der Waals surface area (Å²) < 4.78 is 10.0. The molecule has 0 saturated heterocycles. The number of hydrogen-bond acceptors (Lipinski definition) is 3. The highest BCUT2D eigenvalue weighted by atomic mass is 16.6. The number of cyclic esters (lactones) is 1. The van der Waals surface area contributed by atoms with E-state index in [1.807, 2.05) is 26.8 Å². The molecule has 1 heterocycles. The molecule has 0 spiro atoms. The van der Waals surface area contributed by atoms with Gasteiger partial charge in [0.05, 0.1) is 6.61 Å². The van der Waals surface area contributed by atoms with Crippen molar-refractivity contribution in [2.24, 2.45) is 5.41 Å². The fourth-order valence-corrected chi connectivity index (χ4v) is 1.03. The summed E-state index contributed by atoms with van der Waals surface area (Å²) in [6, 6.07) is 0. The quantitative estimate of drug-likeness (QED) is 0.589. The molecule has 0 aliphatic carbocycles. The van der Waals surface area contributed by atoms with Crippen molar-refractivity contribution in [3.63, 3.8) is 0 Å². The van der Waals surface area contributed by atoms with E-state index in [0.29, 0.717) is 19.0 Å². The van der Waals surface area contributed by atoms with Crippen LogP contribution in [0.3, 0.4) is 0 Å². The first-order valence-electron chi connectivity index (χ1n) is 4.08. The van der Waals surface area contributed by atoms with E-state index in [1.54, 1.807) is 0 Å². The highest BCUT2D eigenvalue weighted by Gasteiger charge is 2.28. The summed E-state index contributed by atoms with van der Waals surface area (Å²) in [5, 5.41) is 0. The standard InChI is InChI=1S/C9H14O3/c1-4-11-7-5-9(2,3)6-12-8(7)10/h5H,4,6H2,1-3H3. The van der Waals surface area contributed by atoms with Crippen LogP contribution in [0.4, 0.5) is 0 Å². The lowest BCUT2D eigenvalue weighted by molar-refractivity contribution is -0.147. The smallest absolute Gasteiger partial charge is 0.373 e. The summed E-state index contributed by atoms with van der Waals surface area (Å²) in [5.74, 6) is -0.00933. The molecule has 0 aromatic carbocycles. The molecule has 0 aromatic rings. The lowest BCUT2D eigenvalue weighted by Gasteiger charge is -2.26. The van der Waals surface area contributed by atoms with Crippen molar-refractivity contribution in [1.82, 2.24) is 0 Å². The van der Waals surface area contributed by atoms with Crippen molar-refractivity contribution in [1.29, 1.82) is 0 Å². The Morgan fingerprint density at radius 3 is 2.92 bits per heavy atom. The highest BCUT2D eigenvalue weighted by molar-refractivity contribution is 5.87. The van der Waals surface area contributed by atoms with Gasteiger partial charge in [-0.1, -0.05) is 13.8 Å². The molecular formula is C9H14O3. The molecule has 0 amide bonds. The Morgan fingerprint density at radius 1 is 1.67 bits per heavy atom. The normalized spacial score (nSPS) is 21.2. The van der Waals surface area contributed by atoms with Crippen molar-refractivity contribution >= 4 is 5.97 Å². The molecular weight excluding hydrogens is 156 g/mol. The summed E-state index contributed by atoms with van der Waals surface area (Å²) in [4.78, 5) is 11.1. The van der Waals surface area contributed by atoms with E-state index in [-0.39, 0.29) is 11.4 Å². The Kier molecular flexibility index (Phi) is 2.40. The van der Waals surface area contributed by atoms with Crippen molar-refractivity contribution in [2.75, 3.05) is 13.2 Å². The van der Waals surface area contributed by atoms with Gasteiger partial charge in [-0.05, 0) is 13.0 Å². The zero-order chi connectivity index (χ0) is 9.19. The molecule has 12 heavy (non-hydrogen) atoms. The average molecular weight is 170 g/mol. The predicted molar refractivity (Wildman–Crippen MR) is 44.4 cm³/mol. The van der Waals surface area contributed by atoms with Crippen LogP contribution in [0.2, 0.25) is 0 Å². The Labute approximate surface area is 72.4 Å². The second-order valence-electron chi connectivity index (χ2n) is 3.51. The number of hydrogen-bond donors (Lipinski definition) is 0. The first-order valence-corrected chi connectivity index (χ1v) is 4.08. The lowest BCUT2D eigenvalue weighted by Crippen LogP contribution is -2.28. The summed E-state index contributed by atoms with van der Waals surface area (Å²) in [6.07, 6.45) is 1.82. The van der Waals surface area contributed by atoms with Gasteiger partial charge in [0.15, 0.2) is 0 Å². The Balaban J connectivity index is 2.78. The molecule has 0 aromatic heterocycles. The van der Waals surface area contributed by atoms with Gasteiger partial charge >= 0.3 is 5.97 Å². The molecule has 0 bridgehead atoms. The third-order valence-electron chi connectivity index (χ3n) is 1.60. The van der Waals surface area contributed by atoms with Gasteiger partial charge in [-0.3, -0.25) is 0 Å². The SMILES string of the molecule is CCOC1=CC(C)(C)COC1=O. The van der Waals surface area contributed by atoms with E-state index in [0.717, 1.165) is 0 Å². The second kappa shape index (κ2) is 3.17. The maximum Gasteiger partial charge on any atom is 0.373 e. The molecule has 68 valence electrons. The van der Waals surface area contributed by atoms with Gasteiger partial charge in [0.25, 0.3) is 0 Å². The zero-order valence-corrected chi connectivity index (χ0v) is 7.72. The average Bonchev–Trinajstić information content (AvgIpc) is 1.97. The topological polar surface area (TPSA) is 35.5 Å². The van der Waals surface area contributed by atoms with Crippen LogP contribution in [-0.2, 0) is 14.3 Å². The van der Waals surface area contributed by atoms with Gasteiger partial charge in [0.1, 0.15) is 6.61 Å². The first kappa shape index (κ1) is 9.10. The molecule has 0 atom stereocenters. The van der Waals surface area contributed by atoms with Gasteiger partial charge in [-0.25, -0.2) is 4.79 Å². The van der Waals surface area contributed by atoms with Crippen LogP contribution in [0.5, 0.6) is 0 Å². The monoisotopic (exact) mass is 170 g/mol. The molecule has 0 unspecified atom stereocenters. The fraction of sp³-hybridized carbons (Fsp3) is 0.667. The summed E-state index contributed by atoms with van der Waals surface area (Å²) in [5.41, 5.74) is -0.0988. The molecule has 0 saturated carbocycles. The van der Waals surface area contributed by atoms with Crippen LogP contribution < -0.4 is 0 Å². The predicted octanol–water partition coefficient (Wildman–Crippen LogP) is 1.49. The minimum absolute atomic E-state index is 0.0988. The molecule has 1 aliphatic rings. The Morgan fingerprint density at radius 2 is 2.33 bits per heavy atom. The van der Waals surface area contributed by atoms with Crippen LogP contribution in [0.25, 0.3) is 0 Å².